The first-order chi connectivity index (χ1) is 7.52. The van der Waals surface area contributed by atoms with Crippen molar-refractivity contribution in [2.24, 2.45) is 5.92 Å². The minimum absolute atomic E-state index is 0.110. The molecule has 0 saturated heterocycles. The summed E-state index contributed by atoms with van der Waals surface area (Å²) in [4.78, 5) is 21.6. The van der Waals surface area contributed by atoms with E-state index in [4.69, 9.17) is 5.11 Å². The monoisotopic (exact) mass is 228 g/mol. The SMILES string of the molecule is CC(C)CCCCCC(=O)CCCC(=O)O. The molecule has 0 aliphatic carbocycles. The zero-order valence-corrected chi connectivity index (χ0v) is 10.5. The zero-order valence-electron chi connectivity index (χ0n) is 10.5. The Hall–Kier alpha value is -0.860. The second-order valence-corrected chi connectivity index (χ2v) is 4.78. The predicted octanol–water partition coefficient (Wildman–Crippen LogP) is 3.42. The summed E-state index contributed by atoms with van der Waals surface area (Å²) >= 11 is 0. The quantitative estimate of drug-likeness (QED) is 0.583. The lowest BCUT2D eigenvalue weighted by Gasteiger charge is -2.03. The Kier molecular flexibility index (Phi) is 8.87. The number of carboxylic acid groups (broad SMARTS) is 1. The van der Waals surface area contributed by atoms with E-state index in [-0.39, 0.29) is 12.2 Å². The van der Waals surface area contributed by atoms with Crippen molar-refractivity contribution in [2.75, 3.05) is 0 Å². The Morgan fingerprint density at radius 1 is 0.938 bits per heavy atom. The third-order valence-electron chi connectivity index (χ3n) is 2.58. The van der Waals surface area contributed by atoms with Gasteiger partial charge in [-0.1, -0.05) is 33.1 Å². The normalized spacial score (nSPS) is 10.7. The average molecular weight is 228 g/mol. The molecule has 0 unspecified atom stereocenters. The van der Waals surface area contributed by atoms with Crippen LogP contribution in [0.4, 0.5) is 0 Å². The number of Topliss-reactive ketones (excluding diaryl/α,β-unsaturated/α-hetero) is 1. The van der Waals surface area contributed by atoms with Gasteiger partial charge in [0.05, 0.1) is 0 Å². The number of hydrogen-bond donors (Lipinski definition) is 1. The molecule has 0 aromatic carbocycles. The topological polar surface area (TPSA) is 54.4 Å². The van der Waals surface area contributed by atoms with Crippen LogP contribution in [-0.4, -0.2) is 16.9 Å². The molecule has 3 nitrogen and oxygen atoms in total. The Bertz CT molecular complexity index is 209. The van der Waals surface area contributed by atoms with E-state index < -0.39 is 5.97 Å². The van der Waals surface area contributed by atoms with Gasteiger partial charge in [0.15, 0.2) is 0 Å². The Labute approximate surface area is 98.2 Å². The summed E-state index contributed by atoms with van der Waals surface area (Å²) in [6.07, 6.45) is 6.14. The number of hydrogen-bond acceptors (Lipinski definition) is 2. The third-order valence-corrected chi connectivity index (χ3v) is 2.58. The van der Waals surface area contributed by atoms with Gasteiger partial charge in [-0.2, -0.15) is 0 Å². The van der Waals surface area contributed by atoms with Gasteiger partial charge in [-0.05, 0) is 18.8 Å². The van der Waals surface area contributed by atoms with Gasteiger partial charge in [0, 0.05) is 19.3 Å². The second-order valence-electron chi connectivity index (χ2n) is 4.78. The molecule has 1 N–H and O–H groups in total. The third kappa shape index (κ3) is 11.2. The summed E-state index contributed by atoms with van der Waals surface area (Å²) in [7, 11) is 0. The zero-order chi connectivity index (χ0) is 12.4. The molecule has 0 heterocycles. The number of aliphatic carboxylic acids is 1. The van der Waals surface area contributed by atoms with E-state index in [9.17, 15) is 9.59 Å². The van der Waals surface area contributed by atoms with Crippen LogP contribution in [0.15, 0.2) is 0 Å². The molecule has 16 heavy (non-hydrogen) atoms. The van der Waals surface area contributed by atoms with Gasteiger partial charge in [-0.15, -0.1) is 0 Å². The predicted molar refractivity (Wildman–Crippen MR) is 64.4 cm³/mol. The lowest BCUT2D eigenvalue weighted by molar-refractivity contribution is -0.137. The summed E-state index contributed by atoms with van der Waals surface area (Å²) in [6, 6.07) is 0. The molecule has 0 aromatic rings. The van der Waals surface area contributed by atoms with Crippen molar-refractivity contribution in [3.63, 3.8) is 0 Å². The fourth-order valence-electron chi connectivity index (χ4n) is 1.61. The molecular weight excluding hydrogens is 204 g/mol. The average Bonchev–Trinajstić information content (AvgIpc) is 2.16. The molecule has 0 atom stereocenters. The van der Waals surface area contributed by atoms with Gasteiger partial charge in [0.1, 0.15) is 5.78 Å². The molecule has 0 rings (SSSR count). The maximum absolute atomic E-state index is 11.3. The van der Waals surface area contributed by atoms with E-state index in [1.807, 2.05) is 0 Å². The summed E-state index contributed by atoms with van der Waals surface area (Å²) in [5.74, 6) is 0.141. The number of carbonyl (C=O) groups is 2. The van der Waals surface area contributed by atoms with Crippen molar-refractivity contribution in [1.82, 2.24) is 0 Å². The van der Waals surface area contributed by atoms with Crippen LogP contribution in [0.2, 0.25) is 0 Å². The molecule has 0 radical (unpaired) electrons. The molecular formula is C13H24O3. The second kappa shape index (κ2) is 9.37. The highest BCUT2D eigenvalue weighted by Gasteiger charge is 2.04. The van der Waals surface area contributed by atoms with Gasteiger partial charge >= 0.3 is 5.97 Å². The lowest BCUT2D eigenvalue weighted by atomic mass is 10.0. The number of carboxylic acids is 1. The summed E-state index contributed by atoms with van der Waals surface area (Å²) in [5, 5.41) is 8.41. The van der Waals surface area contributed by atoms with Crippen LogP contribution in [0.1, 0.15) is 65.2 Å². The molecule has 0 bridgehead atoms. The van der Waals surface area contributed by atoms with Crippen LogP contribution in [0.5, 0.6) is 0 Å². The highest BCUT2D eigenvalue weighted by atomic mass is 16.4. The maximum atomic E-state index is 11.3. The Morgan fingerprint density at radius 3 is 2.12 bits per heavy atom. The molecule has 0 spiro atoms. The van der Waals surface area contributed by atoms with Crippen molar-refractivity contribution in [3.8, 4) is 0 Å². The fourth-order valence-corrected chi connectivity index (χ4v) is 1.61. The Balaban J connectivity index is 3.27. The molecule has 0 aromatic heterocycles. The highest BCUT2D eigenvalue weighted by molar-refractivity contribution is 5.78. The molecule has 0 saturated carbocycles. The van der Waals surface area contributed by atoms with Crippen LogP contribution in [0, 0.1) is 5.92 Å². The largest absolute Gasteiger partial charge is 0.481 e. The first-order valence-electron chi connectivity index (χ1n) is 6.26. The van der Waals surface area contributed by atoms with Crippen LogP contribution in [-0.2, 0) is 9.59 Å². The van der Waals surface area contributed by atoms with Gasteiger partial charge in [-0.25, -0.2) is 0 Å². The molecule has 0 aliphatic rings. The summed E-state index contributed by atoms with van der Waals surface area (Å²) in [5.41, 5.74) is 0. The minimum Gasteiger partial charge on any atom is -0.481 e. The van der Waals surface area contributed by atoms with E-state index in [1.54, 1.807) is 0 Å². The van der Waals surface area contributed by atoms with E-state index in [0.29, 0.717) is 19.3 Å². The van der Waals surface area contributed by atoms with Crippen molar-refractivity contribution in [2.45, 2.75) is 65.2 Å². The Morgan fingerprint density at radius 2 is 1.56 bits per heavy atom. The van der Waals surface area contributed by atoms with Crippen molar-refractivity contribution < 1.29 is 14.7 Å². The highest BCUT2D eigenvalue weighted by Crippen LogP contribution is 2.10. The van der Waals surface area contributed by atoms with Gasteiger partial charge < -0.3 is 5.11 Å². The molecule has 0 fully saturated rings. The first-order valence-corrected chi connectivity index (χ1v) is 6.26. The molecule has 0 aliphatic heterocycles. The summed E-state index contributed by atoms with van der Waals surface area (Å²) < 4.78 is 0. The van der Waals surface area contributed by atoms with E-state index >= 15 is 0 Å². The van der Waals surface area contributed by atoms with Gasteiger partial charge in [0.25, 0.3) is 0 Å². The number of ketones is 1. The van der Waals surface area contributed by atoms with E-state index in [0.717, 1.165) is 18.8 Å². The summed E-state index contributed by atoms with van der Waals surface area (Å²) in [6.45, 7) is 4.41. The molecule has 94 valence electrons. The lowest BCUT2D eigenvalue weighted by Crippen LogP contribution is -2.01. The standard InChI is InChI=1S/C13H24O3/c1-11(2)7-4-3-5-8-12(14)9-6-10-13(15)16/h11H,3-10H2,1-2H3,(H,15,16). The number of unbranched alkanes of at least 4 members (excludes halogenated alkanes) is 2. The first kappa shape index (κ1) is 15.1. The van der Waals surface area contributed by atoms with Gasteiger partial charge in [0.2, 0.25) is 0 Å². The smallest absolute Gasteiger partial charge is 0.303 e. The van der Waals surface area contributed by atoms with E-state index in [1.165, 1.54) is 12.8 Å². The van der Waals surface area contributed by atoms with Crippen LogP contribution >= 0.6 is 0 Å². The minimum atomic E-state index is -0.815. The molecule has 3 heteroatoms. The van der Waals surface area contributed by atoms with Crippen LogP contribution in [0.25, 0.3) is 0 Å². The van der Waals surface area contributed by atoms with E-state index in [2.05, 4.69) is 13.8 Å². The number of rotatable bonds is 10. The van der Waals surface area contributed by atoms with Crippen molar-refractivity contribution in [1.29, 1.82) is 0 Å². The van der Waals surface area contributed by atoms with Crippen LogP contribution in [0.3, 0.4) is 0 Å². The maximum Gasteiger partial charge on any atom is 0.303 e. The molecule has 0 amide bonds. The van der Waals surface area contributed by atoms with Crippen molar-refractivity contribution >= 4 is 11.8 Å². The van der Waals surface area contributed by atoms with Crippen LogP contribution < -0.4 is 0 Å². The fraction of sp³-hybridized carbons (Fsp3) is 0.846. The van der Waals surface area contributed by atoms with Crippen molar-refractivity contribution in [3.05, 3.63) is 0 Å². The number of carbonyl (C=O) groups excluding carboxylic acids is 1. The van der Waals surface area contributed by atoms with Gasteiger partial charge in [-0.3, -0.25) is 9.59 Å².